The number of hydrogen-bond donors (Lipinski definition) is 1. The lowest BCUT2D eigenvalue weighted by Gasteiger charge is -2.04. The third-order valence-electron chi connectivity index (χ3n) is 4.37. The number of aromatic nitrogens is 3. The summed E-state index contributed by atoms with van der Waals surface area (Å²) in [5, 5.41) is 10.8. The van der Waals surface area contributed by atoms with Gasteiger partial charge in [-0.25, -0.2) is 18.5 Å². The van der Waals surface area contributed by atoms with E-state index >= 15 is 0 Å². The minimum atomic E-state index is -3.77. The van der Waals surface area contributed by atoms with Gasteiger partial charge in [-0.15, -0.1) is 0 Å². The van der Waals surface area contributed by atoms with Crippen LogP contribution in [0.15, 0.2) is 63.1 Å². The molecule has 0 amide bonds. The van der Waals surface area contributed by atoms with E-state index in [0.29, 0.717) is 28.6 Å². The average molecular weight is 449 g/mol. The third-order valence-corrected chi connectivity index (χ3v) is 6.53. The largest absolute Gasteiger partial charge is 0.360 e. The number of nitrogens with two attached hydrogens (primary N) is 1. The number of sulfonamides is 1. The molecule has 4 aromatic rings. The van der Waals surface area contributed by atoms with Crippen LogP contribution in [0, 0.1) is 0 Å². The molecule has 0 fully saturated rings. The Morgan fingerprint density at radius 1 is 1.17 bits per heavy atom. The first-order valence-electron chi connectivity index (χ1n) is 8.72. The van der Waals surface area contributed by atoms with Gasteiger partial charge in [-0.3, -0.25) is 0 Å². The normalized spacial score (nSPS) is 12.0. The van der Waals surface area contributed by atoms with E-state index in [1.165, 1.54) is 23.9 Å². The van der Waals surface area contributed by atoms with Gasteiger partial charge in [0.25, 0.3) is 0 Å². The van der Waals surface area contributed by atoms with Crippen LogP contribution in [0.3, 0.4) is 0 Å². The van der Waals surface area contributed by atoms with E-state index in [1.807, 2.05) is 29.7 Å². The Morgan fingerprint density at radius 3 is 2.62 bits per heavy atom. The molecular weight excluding hydrogens is 432 g/mol. The summed E-state index contributed by atoms with van der Waals surface area (Å²) in [7, 11) is -3.77. The summed E-state index contributed by atoms with van der Waals surface area (Å²) in [6.07, 6.45) is 0. The molecule has 2 heterocycles. The molecule has 0 saturated carbocycles. The zero-order valence-corrected chi connectivity index (χ0v) is 17.8. The predicted molar refractivity (Wildman–Crippen MR) is 113 cm³/mol. The van der Waals surface area contributed by atoms with Gasteiger partial charge in [-0.1, -0.05) is 40.7 Å². The Hall–Kier alpha value is -2.33. The molecule has 0 aliphatic heterocycles. The molecule has 0 spiro atoms. The van der Waals surface area contributed by atoms with Gasteiger partial charge in [0, 0.05) is 23.2 Å². The zero-order valence-electron chi connectivity index (χ0n) is 15.4. The predicted octanol–water partition coefficient (Wildman–Crippen LogP) is 4.30. The molecule has 0 atom stereocenters. The molecule has 7 nitrogen and oxygen atoms in total. The summed E-state index contributed by atoms with van der Waals surface area (Å²) in [5.74, 6) is 1.24. The highest BCUT2D eigenvalue weighted by atomic mass is 35.5. The highest BCUT2D eigenvalue weighted by molar-refractivity contribution is 7.98. The fourth-order valence-corrected chi connectivity index (χ4v) is 4.57. The maximum absolute atomic E-state index is 11.6. The minimum absolute atomic E-state index is 0.0464. The first-order valence-corrected chi connectivity index (χ1v) is 11.6. The van der Waals surface area contributed by atoms with E-state index in [-0.39, 0.29) is 4.90 Å². The van der Waals surface area contributed by atoms with Crippen molar-refractivity contribution in [2.45, 2.75) is 29.3 Å². The van der Waals surface area contributed by atoms with Gasteiger partial charge in [-0.05, 0) is 37.3 Å². The summed E-state index contributed by atoms with van der Waals surface area (Å²) in [5.41, 5.74) is 3.09. The second kappa shape index (κ2) is 7.83. The molecule has 0 radical (unpaired) electrons. The van der Waals surface area contributed by atoms with Crippen LogP contribution in [0.4, 0.5) is 0 Å². The van der Waals surface area contributed by atoms with E-state index in [0.717, 1.165) is 21.9 Å². The highest BCUT2D eigenvalue weighted by Crippen LogP contribution is 2.29. The van der Waals surface area contributed by atoms with Crippen LogP contribution >= 0.6 is 23.4 Å². The third kappa shape index (κ3) is 4.18. The first kappa shape index (κ1) is 20.0. The van der Waals surface area contributed by atoms with E-state index in [1.54, 1.807) is 18.2 Å². The number of hydrogen-bond acceptors (Lipinski definition) is 6. The zero-order chi connectivity index (χ0) is 20.6. The van der Waals surface area contributed by atoms with E-state index in [2.05, 4.69) is 10.1 Å². The number of fused-ring (bicyclic) bond motifs is 1. The summed E-state index contributed by atoms with van der Waals surface area (Å²) < 4.78 is 30.7. The van der Waals surface area contributed by atoms with Crippen LogP contribution < -0.4 is 5.14 Å². The Balaban J connectivity index is 1.57. The van der Waals surface area contributed by atoms with Crippen molar-refractivity contribution < 1.29 is 12.9 Å². The van der Waals surface area contributed by atoms with Crippen LogP contribution in [0.5, 0.6) is 0 Å². The minimum Gasteiger partial charge on any atom is -0.360 e. The number of imidazole rings is 1. The number of rotatable bonds is 6. The smallest absolute Gasteiger partial charge is 0.238 e. The first-order chi connectivity index (χ1) is 13.8. The molecule has 2 aromatic carbocycles. The van der Waals surface area contributed by atoms with Crippen LogP contribution in [0.1, 0.15) is 12.7 Å². The van der Waals surface area contributed by atoms with Crippen LogP contribution in [0.2, 0.25) is 5.02 Å². The van der Waals surface area contributed by atoms with Crippen molar-refractivity contribution in [1.29, 1.82) is 0 Å². The van der Waals surface area contributed by atoms with E-state index < -0.39 is 10.0 Å². The lowest BCUT2D eigenvalue weighted by Crippen LogP contribution is -2.11. The Labute approximate surface area is 176 Å². The number of primary sulfonamides is 1. The molecule has 0 saturated heterocycles. The summed E-state index contributed by atoms with van der Waals surface area (Å²) in [6.45, 7) is 2.70. The summed E-state index contributed by atoms with van der Waals surface area (Å²) in [4.78, 5) is 4.62. The van der Waals surface area contributed by atoms with Crippen molar-refractivity contribution in [2.24, 2.45) is 5.14 Å². The Bertz CT molecular complexity index is 1280. The van der Waals surface area contributed by atoms with Gasteiger partial charge in [0.15, 0.2) is 5.16 Å². The number of benzene rings is 2. The maximum atomic E-state index is 11.6. The van der Waals surface area contributed by atoms with Gasteiger partial charge in [-0.2, -0.15) is 0 Å². The molecule has 2 N–H and O–H groups in total. The van der Waals surface area contributed by atoms with Gasteiger partial charge < -0.3 is 9.09 Å². The molecule has 0 bridgehead atoms. The summed E-state index contributed by atoms with van der Waals surface area (Å²) >= 11 is 7.41. The second-order valence-electron chi connectivity index (χ2n) is 6.31. The number of thioether (sulfide) groups is 1. The van der Waals surface area contributed by atoms with Gasteiger partial charge in [0.1, 0.15) is 11.5 Å². The van der Waals surface area contributed by atoms with E-state index in [9.17, 15) is 8.42 Å². The molecule has 2 aromatic heterocycles. The molecule has 4 rings (SSSR count). The van der Waals surface area contributed by atoms with Crippen molar-refractivity contribution in [3.05, 3.63) is 59.3 Å². The van der Waals surface area contributed by atoms with Gasteiger partial charge >= 0.3 is 0 Å². The summed E-state index contributed by atoms with van der Waals surface area (Å²) in [6, 6.07) is 14.0. The van der Waals surface area contributed by atoms with Gasteiger partial charge in [0.05, 0.1) is 21.7 Å². The molecule has 150 valence electrons. The topological polar surface area (TPSA) is 104 Å². The van der Waals surface area contributed by atoms with Crippen molar-refractivity contribution in [3.8, 4) is 11.3 Å². The van der Waals surface area contributed by atoms with Crippen molar-refractivity contribution >= 4 is 44.4 Å². The standard InChI is InChI=1S/C19H17ClN4O3S2/c1-2-24-18-8-7-15(29(21,25)26)10-17(18)22-19(24)28-11-14-9-16(23-27-14)12-3-5-13(20)6-4-12/h3-10H,2,11H2,1H3,(H2,21,25,26). The van der Waals surface area contributed by atoms with Crippen molar-refractivity contribution in [2.75, 3.05) is 0 Å². The van der Waals surface area contributed by atoms with Crippen LogP contribution in [-0.4, -0.2) is 23.1 Å². The SMILES string of the molecule is CCn1c(SCc2cc(-c3ccc(Cl)cc3)no2)nc2cc(S(N)(=O)=O)ccc21. The lowest BCUT2D eigenvalue weighted by molar-refractivity contribution is 0.397. The average Bonchev–Trinajstić information content (AvgIpc) is 3.29. The molecule has 0 aliphatic carbocycles. The molecule has 0 aliphatic rings. The monoisotopic (exact) mass is 448 g/mol. The van der Waals surface area contributed by atoms with Crippen LogP contribution in [-0.2, 0) is 22.3 Å². The number of nitrogens with zero attached hydrogens (tertiary/aromatic N) is 3. The fraction of sp³-hybridized carbons (Fsp3) is 0.158. The Kier molecular flexibility index (Phi) is 5.39. The van der Waals surface area contributed by atoms with Crippen molar-refractivity contribution in [1.82, 2.24) is 14.7 Å². The second-order valence-corrected chi connectivity index (χ2v) is 9.25. The molecule has 0 unspecified atom stereocenters. The Morgan fingerprint density at radius 2 is 1.93 bits per heavy atom. The molecular formula is C19H17ClN4O3S2. The van der Waals surface area contributed by atoms with Gasteiger partial charge in [0.2, 0.25) is 10.0 Å². The highest BCUT2D eigenvalue weighted by Gasteiger charge is 2.15. The van der Waals surface area contributed by atoms with Crippen molar-refractivity contribution in [3.63, 3.8) is 0 Å². The number of aryl methyl sites for hydroxylation is 1. The van der Waals surface area contributed by atoms with E-state index in [4.69, 9.17) is 21.3 Å². The number of halogens is 1. The molecule has 10 heteroatoms. The van der Waals surface area contributed by atoms with Crippen LogP contribution in [0.25, 0.3) is 22.3 Å². The maximum Gasteiger partial charge on any atom is 0.238 e. The quantitative estimate of drug-likeness (QED) is 0.441. The fourth-order valence-electron chi connectivity index (χ4n) is 2.95. The molecule has 29 heavy (non-hydrogen) atoms. The lowest BCUT2D eigenvalue weighted by atomic mass is 10.1.